The highest BCUT2D eigenvalue weighted by Crippen LogP contribution is 2.18. The van der Waals surface area contributed by atoms with E-state index < -0.39 is 0 Å². The van der Waals surface area contributed by atoms with Gasteiger partial charge in [-0.15, -0.1) is 11.3 Å². The Kier molecular flexibility index (Phi) is 5.84. The van der Waals surface area contributed by atoms with Crippen LogP contribution in [0.15, 0.2) is 60.0 Å². The van der Waals surface area contributed by atoms with Crippen LogP contribution in [-0.4, -0.2) is 22.3 Å². The Morgan fingerprint density at radius 1 is 1.12 bits per heavy atom. The maximum Gasteiger partial charge on any atom is 0.273 e. The Balaban J connectivity index is 1.70. The minimum atomic E-state index is -0.0435. The maximum absolute atomic E-state index is 12.8. The number of hydrogen-bond donors (Lipinski definition) is 0. The first kappa shape index (κ1) is 17.6. The van der Waals surface area contributed by atoms with Crippen LogP contribution in [-0.2, 0) is 13.0 Å². The molecule has 0 fully saturated rings. The second-order valence-corrected chi connectivity index (χ2v) is 7.12. The molecule has 0 unspecified atom stereocenters. The van der Waals surface area contributed by atoms with Crippen molar-refractivity contribution in [1.82, 2.24) is 9.88 Å². The van der Waals surface area contributed by atoms with Crippen LogP contribution in [0, 0.1) is 0 Å². The molecule has 0 radical (unpaired) electrons. The SMILES string of the molecule is CCN(Cc1cccc(Cl)c1)C(=O)c1csc(Cc2ccccc2)n1. The monoisotopic (exact) mass is 370 g/mol. The lowest BCUT2D eigenvalue weighted by atomic mass is 10.2. The van der Waals surface area contributed by atoms with E-state index in [1.54, 1.807) is 4.90 Å². The fourth-order valence-electron chi connectivity index (χ4n) is 2.61. The standard InChI is InChI=1S/C20H19ClN2OS/c1-2-23(13-16-9-6-10-17(21)11-16)20(24)18-14-25-19(22-18)12-15-7-4-3-5-8-15/h3-11,14H,2,12-13H2,1H3. The van der Waals surface area contributed by atoms with Gasteiger partial charge in [-0.3, -0.25) is 4.79 Å². The number of carbonyl (C=O) groups is 1. The van der Waals surface area contributed by atoms with Crippen molar-refractivity contribution in [2.24, 2.45) is 0 Å². The first-order valence-electron chi connectivity index (χ1n) is 8.17. The van der Waals surface area contributed by atoms with Gasteiger partial charge in [0.1, 0.15) is 5.69 Å². The molecule has 5 heteroatoms. The summed E-state index contributed by atoms with van der Waals surface area (Å²) in [6.07, 6.45) is 0.749. The largest absolute Gasteiger partial charge is 0.333 e. The molecular weight excluding hydrogens is 352 g/mol. The van der Waals surface area contributed by atoms with Gasteiger partial charge in [-0.2, -0.15) is 0 Å². The number of hydrogen-bond acceptors (Lipinski definition) is 3. The van der Waals surface area contributed by atoms with Crippen molar-refractivity contribution in [3.05, 3.63) is 86.8 Å². The molecule has 128 valence electrons. The zero-order valence-electron chi connectivity index (χ0n) is 14.0. The first-order chi connectivity index (χ1) is 12.2. The summed E-state index contributed by atoms with van der Waals surface area (Å²) < 4.78 is 0. The molecule has 1 aromatic heterocycles. The van der Waals surface area contributed by atoms with E-state index in [0.717, 1.165) is 17.0 Å². The van der Waals surface area contributed by atoms with E-state index >= 15 is 0 Å². The van der Waals surface area contributed by atoms with Crippen molar-refractivity contribution in [1.29, 1.82) is 0 Å². The van der Waals surface area contributed by atoms with E-state index in [2.05, 4.69) is 17.1 Å². The molecular formula is C20H19ClN2OS. The zero-order valence-corrected chi connectivity index (χ0v) is 15.6. The van der Waals surface area contributed by atoms with Crippen LogP contribution in [0.25, 0.3) is 0 Å². The number of amides is 1. The molecule has 0 atom stereocenters. The molecule has 0 aliphatic heterocycles. The molecule has 0 spiro atoms. The summed E-state index contributed by atoms with van der Waals surface area (Å²) >= 11 is 7.56. The van der Waals surface area contributed by atoms with E-state index in [1.165, 1.54) is 16.9 Å². The van der Waals surface area contributed by atoms with E-state index in [-0.39, 0.29) is 5.91 Å². The van der Waals surface area contributed by atoms with Gasteiger partial charge < -0.3 is 4.90 Å². The third-order valence-electron chi connectivity index (χ3n) is 3.90. The second kappa shape index (κ2) is 8.28. The molecule has 0 aliphatic rings. The predicted molar refractivity (Wildman–Crippen MR) is 103 cm³/mol. The van der Waals surface area contributed by atoms with Gasteiger partial charge in [0.05, 0.1) is 5.01 Å². The Morgan fingerprint density at radius 2 is 1.88 bits per heavy atom. The van der Waals surface area contributed by atoms with E-state index in [4.69, 9.17) is 11.6 Å². The van der Waals surface area contributed by atoms with E-state index in [1.807, 2.05) is 54.8 Å². The van der Waals surface area contributed by atoms with Crippen LogP contribution in [0.3, 0.4) is 0 Å². The van der Waals surface area contributed by atoms with Crippen molar-refractivity contribution < 1.29 is 4.79 Å². The van der Waals surface area contributed by atoms with E-state index in [9.17, 15) is 4.79 Å². The maximum atomic E-state index is 12.8. The summed E-state index contributed by atoms with van der Waals surface area (Å²) in [5.74, 6) is -0.0435. The van der Waals surface area contributed by atoms with Crippen LogP contribution in [0.2, 0.25) is 5.02 Å². The number of aromatic nitrogens is 1. The number of thiazole rings is 1. The van der Waals surface area contributed by atoms with Crippen LogP contribution in [0.4, 0.5) is 0 Å². The fourth-order valence-corrected chi connectivity index (χ4v) is 3.62. The molecule has 0 aliphatic carbocycles. The molecule has 0 N–H and O–H groups in total. The predicted octanol–water partition coefficient (Wildman–Crippen LogP) is 5.05. The summed E-state index contributed by atoms with van der Waals surface area (Å²) in [6.45, 7) is 3.12. The minimum absolute atomic E-state index is 0.0435. The lowest BCUT2D eigenvalue weighted by Crippen LogP contribution is -2.30. The summed E-state index contributed by atoms with van der Waals surface area (Å²) in [5, 5.41) is 3.48. The molecule has 0 bridgehead atoms. The minimum Gasteiger partial charge on any atom is -0.333 e. The summed E-state index contributed by atoms with van der Waals surface area (Å²) in [7, 11) is 0. The van der Waals surface area contributed by atoms with Gasteiger partial charge in [0.25, 0.3) is 5.91 Å². The number of rotatable bonds is 6. The number of halogens is 1. The first-order valence-corrected chi connectivity index (χ1v) is 9.43. The van der Waals surface area contributed by atoms with Crippen LogP contribution < -0.4 is 0 Å². The Bertz CT molecular complexity index is 848. The Labute approximate surface area is 156 Å². The molecule has 3 nitrogen and oxygen atoms in total. The van der Waals surface area contributed by atoms with Gasteiger partial charge in [0.2, 0.25) is 0 Å². The molecule has 1 heterocycles. The number of nitrogens with zero attached hydrogens (tertiary/aromatic N) is 2. The second-order valence-electron chi connectivity index (χ2n) is 5.74. The molecule has 0 saturated carbocycles. The van der Waals surface area contributed by atoms with Gasteiger partial charge >= 0.3 is 0 Å². The fraction of sp³-hybridized carbons (Fsp3) is 0.200. The van der Waals surface area contributed by atoms with E-state index in [0.29, 0.717) is 23.8 Å². The normalized spacial score (nSPS) is 10.6. The smallest absolute Gasteiger partial charge is 0.273 e. The molecule has 0 saturated heterocycles. The highest BCUT2D eigenvalue weighted by molar-refractivity contribution is 7.09. The highest BCUT2D eigenvalue weighted by Gasteiger charge is 2.18. The topological polar surface area (TPSA) is 33.2 Å². The molecule has 3 aromatic rings. The van der Waals surface area contributed by atoms with Crippen molar-refractivity contribution >= 4 is 28.8 Å². The van der Waals surface area contributed by atoms with Gasteiger partial charge in [-0.05, 0) is 30.2 Å². The third-order valence-corrected chi connectivity index (χ3v) is 4.98. The van der Waals surface area contributed by atoms with Crippen LogP contribution in [0.1, 0.15) is 33.5 Å². The number of benzene rings is 2. The quantitative estimate of drug-likeness (QED) is 0.608. The van der Waals surface area contributed by atoms with Gasteiger partial charge in [-0.1, -0.05) is 54.1 Å². The van der Waals surface area contributed by atoms with Crippen molar-refractivity contribution in [3.63, 3.8) is 0 Å². The van der Waals surface area contributed by atoms with Crippen LogP contribution >= 0.6 is 22.9 Å². The lowest BCUT2D eigenvalue weighted by molar-refractivity contribution is 0.0747. The van der Waals surface area contributed by atoms with Gasteiger partial charge in [0.15, 0.2) is 0 Å². The highest BCUT2D eigenvalue weighted by atomic mass is 35.5. The summed E-state index contributed by atoms with van der Waals surface area (Å²) in [4.78, 5) is 19.1. The molecule has 1 amide bonds. The average Bonchev–Trinajstić information content (AvgIpc) is 3.08. The number of carbonyl (C=O) groups excluding carboxylic acids is 1. The molecule has 3 rings (SSSR count). The summed E-state index contributed by atoms with van der Waals surface area (Å²) in [5.41, 5.74) is 2.73. The van der Waals surface area contributed by atoms with Gasteiger partial charge in [-0.25, -0.2) is 4.98 Å². The zero-order chi connectivity index (χ0) is 17.6. The average molecular weight is 371 g/mol. The Hall–Kier alpha value is -2.17. The molecule has 2 aromatic carbocycles. The van der Waals surface area contributed by atoms with Gasteiger partial charge in [0, 0.05) is 29.9 Å². The lowest BCUT2D eigenvalue weighted by Gasteiger charge is -2.20. The van der Waals surface area contributed by atoms with Crippen molar-refractivity contribution in [3.8, 4) is 0 Å². The van der Waals surface area contributed by atoms with Crippen LogP contribution in [0.5, 0.6) is 0 Å². The van der Waals surface area contributed by atoms with Crippen molar-refractivity contribution in [2.75, 3.05) is 6.54 Å². The third kappa shape index (κ3) is 4.68. The molecule has 25 heavy (non-hydrogen) atoms. The van der Waals surface area contributed by atoms with Crippen molar-refractivity contribution in [2.45, 2.75) is 19.9 Å². The summed E-state index contributed by atoms with van der Waals surface area (Å²) in [6, 6.07) is 17.8. The Morgan fingerprint density at radius 3 is 2.60 bits per heavy atom.